The minimum atomic E-state index is -4.28. The van der Waals surface area contributed by atoms with Gasteiger partial charge in [0.15, 0.2) is 11.6 Å². The van der Waals surface area contributed by atoms with Crippen molar-refractivity contribution in [2.75, 3.05) is 42.5 Å². The summed E-state index contributed by atoms with van der Waals surface area (Å²) < 4.78 is 69.3. The number of imidazole rings is 1. The maximum Gasteiger partial charge on any atom is 0.401 e. The maximum atomic E-state index is 15.0. The number of alkyl halides is 3. The Balaban J connectivity index is 1.39. The number of halogens is 5. The van der Waals surface area contributed by atoms with Crippen LogP contribution in [0.3, 0.4) is 0 Å². The third-order valence-electron chi connectivity index (χ3n) is 5.97. The summed E-state index contributed by atoms with van der Waals surface area (Å²) in [6.07, 6.45) is 0.0175. The molecule has 160 valence electrons. The largest absolute Gasteiger partial charge is 0.401 e. The monoisotopic (exact) mass is 427 g/mol. The normalized spacial score (nSPS) is 20.9. The molecule has 0 atom stereocenters. The maximum absolute atomic E-state index is 15.0. The lowest BCUT2D eigenvalue weighted by Crippen LogP contribution is -2.49. The van der Waals surface area contributed by atoms with E-state index < -0.39 is 41.5 Å². The molecule has 1 spiro atoms. The van der Waals surface area contributed by atoms with Gasteiger partial charge in [-0.3, -0.25) is 9.69 Å². The Labute approximate surface area is 168 Å². The highest BCUT2D eigenvalue weighted by molar-refractivity contribution is 6.09. The molecule has 5 rings (SSSR count). The van der Waals surface area contributed by atoms with Crippen molar-refractivity contribution in [2.24, 2.45) is 0 Å². The first-order chi connectivity index (χ1) is 14.2. The zero-order valence-corrected chi connectivity index (χ0v) is 15.8. The molecule has 0 N–H and O–H groups in total. The van der Waals surface area contributed by atoms with Crippen molar-refractivity contribution in [3.63, 3.8) is 0 Å². The average molecular weight is 427 g/mol. The molecular formula is C19H18F5N5O. The van der Waals surface area contributed by atoms with Crippen LogP contribution in [0.4, 0.5) is 39.3 Å². The predicted octanol–water partition coefficient (Wildman–Crippen LogP) is 3.01. The van der Waals surface area contributed by atoms with E-state index in [0.29, 0.717) is 12.8 Å². The Bertz CT molecular complexity index is 984. The third-order valence-corrected chi connectivity index (χ3v) is 5.97. The smallest absolute Gasteiger partial charge is 0.369 e. The first kappa shape index (κ1) is 19.3. The Hall–Kier alpha value is -2.69. The second-order valence-corrected chi connectivity index (χ2v) is 7.91. The number of rotatable bonds is 3. The number of fused-ring (bicyclic) bond motifs is 2. The zero-order valence-electron chi connectivity index (χ0n) is 15.8. The van der Waals surface area contributed by atoms with Crippen LogP contribution in [0.25, 0.3) is 0 Å². The topological polar surface area (TPSA) is 44.6 Å². The summed E-state index contributed by atoms with van der Waals surface area (Å²) >= 11 is 0. The van der Waals surface area contributed by atoms with Crippen LogP contribution < -0.4 is 9.80 Å². The summed E-state index contributed by atoms with van der Waals surface area (Å²) in [4.78, 5) is 20.9. The van der Waals surface area contributed by atoms with Gasteiger partial charge in [-0.1, -0.05) is 0 Å². The summed E-state index contributed by atoms with van der Waals surface area (Å²) in [7, 11) is 0. The van der Waals surface area contributed by atoms with Crippen molar-refractivity contribution in [2.45, 2.75) is 24.6 Å². The number of carbonyl (C=O) groups excluding carboxylic acids is 1. The number of aromatic nitrogens is 2. The molecule has 1 aromatic carbocycles. The Morgan fingerprint density at radius 1 is 1.03 bits per heavy atom. The van der Waals surface area contributed by atoms with E-state index in [-0.39, 0.29) is 37.8 Å². The molecule has 11 heteroatoms. The van der Waals surface area contributed by atoms with E-state index in [1.54, 1.807) is 15.7 Å². The molecule has 1 aromatic heterocycles. The molecule has 1 amide bonds. The highest BCUT2D eigenvalue weighted by atomic mass is 19.4. The van der Waals surface area contributed by atoms with Gasteiger partial charge >= 0.3 is 6.18 Å². The van der Waals surface area contributed by atoms with Crippen LogP contribution in [0.5, 0.6) is 0 Å². The summed E-state index contributed by atoms with van der Waals surface area (Å²) in [5.74, 6) is -2.05. The molecule has 0 bridgehead atoms. The van der Waals surface area contributed by atoms with E-state index in [0.717, 1.165) is 17.0 Å². The van der Waals surface area contributed by atoms with E-state index in [1.165, 1.54) is 11.1 Å². The molecule has 3 aliphatic rings. The molecule has 2 aromatic rings. The average Bonchev–Trinajstić information content (AvgIpc) is 3.28. The van der Waals surface area contributed by atoms with E-state index in [2.05, 4.69) is 4.98 Å². The Morgan fingerprint density at radius 3 is 2.23 bits per heavy atom. The SMILES string of the molecule is O=C1N(c2c(F)cc(N3CCN(CC(F)(F)F)CC3)cc2F)c2nccn2C12CC2. The molecule has 1 saturated carbocycles. The van der Waals surface area contributed by atoms with Gasteiger partial charge in [0.05, 0.1) is 6.54 Å². The van der Waals surface area contributed by atoms with Gasteiger partial charge in [-0.05, 0) is 25.0 Å². The molecule has 3 heterocycles. The summed E-state index contributed by atoms with van der Waals surface area (Å²) in [6.45, 7) is -0.312. The van der Waals surface area contributed by atoms with E-state index in [9.17, 15) is 18.0 Å². The number of hydrogen-bond donors (Lipinski definition) is 0. The van der Waals surface area contributed by atoms with E-state index >= 15 is 8.78 Å². The number of piperazine rings is 1. The fraction of sp³-hybridized carbons (Fsp3) is 0.474. The van der Waals surface area contributed by atoms with Gasteiger partial charge in [0.1, 0.15) is 11.2 Å². The number of nitrogens with zero attached hydrogens (tertiary/aromatic N) is 5. The molecule has 6 nitrogen and oxygen atoms in total. The molecule has 30 heavy (non-hydrogen) atoms. The summed E-state index contributed by atoms with van der Waals surface area (Å²) in [5.41, 5.74) is -1.04. The lowest BCUT2D eigenvalue weighted by atomic mass is 10.2. The second kappa shape index (κ2) is 6.40. The molecule has 2 aliphatic heterocycles. The van der Waals surface area contributed by atoms with Crippen LogP contribution in [0, 0.1) is 11.6 Å². The second-order valence-electron chi connectivity index (χ2n) is 7.91. The van der Waals surface area contributed by atoms with E-state index in [4.69, 9.17) is 0 Å². The van der Waals surface area contributed by atoms with Crippen LogP contribution in [-0.4, -0.2) is 59.3 Å². The van der Waals surface area contributed by atoms with Gasteiger partial charge in [-0.2, -0.15) is 13.2 Å². The highest BCUT2D eigenvalue weighted by Gasteiger charge is 2.60. The molecule has 0 radical (unpaired) electrons. The van der Waals surface area contributed by atoms with E-state index in [1.807, 2.05) is 0 Å². The van der Waals surface area contributed by atoms with Crippen LogP contribution >= 0.6 is 0 Å². The van der Waals surface area contributed by atoms with Gasteiger partial charge in [0.25, 0.3) is 5.91 Å². The fourth-order valence-electron chi connectivity index (χ4n) is 4.34. The van der Waals surface area contributed by atoms with Crippen LogP contribution in [0.2, 0.25) is 0 Å². The van der Waals surface area contributed by atoms with Crippen molar-refractivity contribution in [1.82, 2.24) is 14.5 Å². The van der Waals surface area contributed by atoms with Crippen LogP contribution in [0.15, 0.2) is 24.5 Å². The zero-order chi connectivity index (χ0) is 21.3. The van der Waals surface area contributed by atoms with Crippen molar-refractivity contribution in [3.8, 4) is 0 Å². The fourth-order valence-corrected chi connectivity index (χ4v) is 4.34. The first-order valence-electron chi connectivity index (χ1n) is 9.61. The minimum absolute atomic E-state index is 0.134. The van der Waals surface area contributed by atoms with Gasteiger partial charge in [-0.15, -0.1) is 0 Å². The Morgan fingerprint density at radius 2 is 1.67 bits per heavy atom. The highest BCUT2D eigenvalue weighted by Crippen LogP contribution is 2.54. The predicted molar refractivity (Wildman–Crippen MR) is 97.6 cm³/mol. The number of benzene rings is 1. The third kappa shape index (κ3) is 2.94. The van der Waals surface area contributed by atoms with Gasteiger partial charge in [0.2, 0.25) is 5.95 Å². The first-order valence-corrected chi connectivity index (χ1v) is 9.61. The van der Waals surface area contributed by atoms with Gasteiger partial charge in [-0.25, -0.2) is 18.7 Å². The lowest BCUT2D eigenvalue weighted by molar-refractivity contribution is -0.146. The lowest BCUT2D eigenvalue weighted by Gasteiger charge is -2.36. The summed E-state index contributed by atoms with van der Waals surface area (Å²) in [6, 6.07) is 2.24. The molecule has 2 fully saturated rings. The van der Waals surface area contributed by atoms with Crippen LogP contribution in [-0.2, 0) is 10.3 Å². The quantitative estimate of drug-likeness (QED) is 0.707. The molecule has 1 saturated heterocycles. The molecule has 1 aliphatic carbocycles. The standard InChI is InChI=1S/C19H18F5N5O/c20-13-9-12(27-7-5-26(6-8-27)11-19(22,23)24)10-14(21)15(13)29-16(30)18(1-2-18)28-4-3-25-17(28)29/h3-4,9-10H,1-2,5-8,11H2. The summed E-state index contributed by atoms with van der Waals surface area (Å²) in [5, 5.41) is 0. The number of hydrogen-bond acceptors (Lipinski definition) is 4. The number of amides is 1. The number of anilines is 3. The Kier molecular flexibility index (Phi) is 4.12. The van der Waals surface area contributed by atoms with Crippen LogP contribution in [0.1, 0.15) is 12.8 Å². The van der Waals surface area contributed by atoms with Crippen molar-refractivity contribution in [3.05, 3.63) is 36.2 Å². The molecular weight excluding hydrogens is 409 g/mol. The van der Waals surface area contributed by atoms with Crippen molar-refractivity contribution >= 4 is 23.2 Å². The van der Waals surface area contributed by atoms with Gasteiger partial charge < -0.3 is 9.47 Å². The van der Waals surface area contributed by atoms with Crippen molar-refractivity contribution in [1.29, 1.82) is 0 Å². The number of carbonyl (C=O) groups is 1. The van der Waals surface area contributed by atoms with Crippen molar-refractivity contribution < 1.29 is 26.7 Å². The molecule has 0 unspecified atom stereocenters. The van der Waals surface area contributed by atoms with Gasteiger partial charge in [0, 0.05) is 44.3 Å². The minimum Gasteiger partial charge on any atom is -0.369 e.